The molecule has 1 atom stereocenters. The van der Waals surface area contributed by atoms with Gasteiger partial charge < -0.3 is 8.98 Å². The first kappa shape index (κ1) is 17.3. The number of nitrogens with one attached hydrogen (secondary N) is 1. The summed E-state index contributed by atoms with van der Waals surface area (Å²) in [6.07, 6.45) is 5.00. The first-order valence-corrected chi connectivity index (χ1v) is 10.8. The summed E-state index contributed by atoms with van der Waals surface area (Å²) in [7, 11) is -3.40. The van der Waals surface area contributed by atoms with Crippen molar-refractivity contribution in [2.45, 2.75) is 12.0 Å². The minimum absolute atomic E-state index is 0.473. The Morgan fingerprint density at radius 2 is 2.11 bits per heavy atom. The molecule has 0 fully saturated rings. The number of sulfonamides is 1. The molecule has 4 aromatic rings. The maximum atomic E-state index is 11.7. The molecule has 1 aliphatic carbocycles. The van der Waals surface area contributed by atoms with Crippen molar-refractivity contribution in [1.29, 1.82) is 0 Å². The molecule has 0 spiro atoms. The summed E-state index contributed by atoms with van der Waals surface area (Å²) < 4.78 is 33.7. The van der Waals surface area contributed by atoms with Crippen LogP contribution in [0, 0.1) is 0 Å². The van der Waals surface area contributed by atoms with E-state index in [0.717, 1.165) is 28.3 Å². The maximum Gasteiger partial charge on any atom is 0.246 e. The monoisotopic (exact) mass is 414 g/mol. The minimum Gasteiger partial charge on any atom is -0.425 e. The number of anilines is 1. The third-order valence-corrected chi connectivity index (χ3v) is 5.94. The summed E-state index contributed by atoms with van der Waals surface area (Å²) in [6, 6.07) is 13.1. The smallest absolute Gasteiger partial charge is 0.246 e. The molecule has 0 aliphatic heterocycles. The number of aromatic nitrogens is 3. The van der Waals surface area contributed by atoms with Crippen molar-refractivity contribution in [2.24, 2.45) is 0 Å². The van der Waals surface area contributed by atoms with E-state index in [9.17, 15) is 8.42 Å². The normalized spacial score (nSPS) is 18.6. The summed E-state index contributed by atoms with van der Waals surface area (Å²) in [5.41, 5.74) is 2.85. The summed E-state index contributed by atoms with van der Waals surface area (Å²) in [5, 5.41) is 9.53. The average Bonchev–Trinajstić information content (AvgIpc) is 3.27. The van der Waals surface area contributed by atoms with Gasteiger partial charge in [-0.2, -0.15) is 0 Å². The molecule has 1 unspecified atom stereocenters. The standard InChI is InChI=1S/C19H15ClN4O3S/c1-28(25,26)23-16-3-2-4-17-14(16)7-8-24(17)19(18-22-21-11-27-18)10-12-9-13(20)5-6-15(12)19/h2-9,11,23H,10H2,1H3. The molecule has 9 heteroatoms. The van der Waals surface area contributed by atoms with Crippen LogP contribution in [-0.2, 0) is 22.0 Å². The summed E-state index contributed by atoms with van der Waals surface area (Å²) in [5.74, 6) is 0.473. The molecule has 0 saturated heterocycles. The van der Waals surface area contributed by atoms with E-state index in [2.05, 4.69) is 19.5 Å². The Bertz CT molecular complexity index is 1310. The number of fused-ring (bicyclic) bond motifs is 2. The van der Waals surface area contributed by atoms with E-state index >= 15 is 0 Å². The van der Waals surface area contributed by atoms with E-state index in [4.69, 9.17) is 16.0 Å². The summed E-state index contributed by atoms with van der Waals surface area (Å²) in [6.45, 7) is 0. The molecule has 7 nitrogen and oxygen atoms in total. The first-order valence-electron chi connectivity index (χ1n) is 8.52. The van der Waals surface area contributed by atoms with Gasteiger partial charge in [0.05, 0.1) is 17.5 Å². The average molecular weight is 415 g/mol. The van der Waals surface area contributed by atoms with E-state index in [-0.39, 0.29) is 0 Å². The molecule has 2 aromatic heterocycles. The molecule has 1 aliphatic rings. The summed E-state index contributed by atoms with van der Waals surface area (Å²) in [4.78, 5) is 0. The van der Waals surface area contributed by atoms with Gasteiger partial charge in [-0.15, -0.1) is 10.2 Å². The highest BCUT2D eigenvalue weighted by Gasteiger charge is 2.50. The Kier molecular flexibility index (Phi) is 3.59. The number of halogens is 1. The second-order valence-electron chi connectivity index (χ2n) is 6.88. The predicted octanol–water partition coefficient (Wildman–Crippen LogP) is 3.40. The fraction of sp³-hybridized carbons (Fsp3) is 0.158. The molecule has 2 aromatic carbocycles. The lowest BCUT2D eigenvalue weighted by Crippen LogP contribution is -2.46. The predicted molar refractivity (Wildman–Crippen MR) is 106 cm³/mol. The molecule has 5 rings (SSSR count). The van der Waals surface area contributed by atoms with Crippen molar-refractivity contribution in [3.8, 4) is 0 Å². The Labute approximate surface area is 166 Å². The number of rotatable bonds is 4. The highest BCUT2D eigenvalue weighted by molar-refractivity contribution is 7.92. The fourth-order valence-corrected chi connectivity index (χ4v) is 4.80. The van der Waals surface area contributed by atoms with Crippen molar-refractivity contribution in [3.05, 3.63) is 77.1 Å². The molecule has 0 bridgehead atoms. The van der Waals surface area contributed by atoms with Gasteiger partial charge in [0, 0.05) is 23.0 Å². The lowest BCUT2D eigenvalue weighted by atomic mass is 9.70. The molecular weight excluding hydrogens is 400 g/mol. The van der Waals surface area contributed by atoms with Crippen LogP contribution < -0.4 is 4.72 Å². The van der Waals surface area contributed by atoms with Gasteiger partial charge in [-0.05, 0) is 41.5 Å². The van der Waals surface area contributed by atoms with Crippen LogP contribution in [0.4, 0.5) is 5.69 Å². The second-order valence-corrected chi connectivity index (χ2v) is 9.07. The van der Waals surface area contributed by atoms with Crippen LogP contribution in [0.15, 0.2) is 59.5 Å². The molecule has 2 heterocycles. The molecule has 28 heavy (non-hydrogen) atoms. The molecule has 0 saturated carbocycles. The second kappa shape index (κ2) is 5.83. The van der Waals surface area contributed by atoms with Crippen molar-refractivity contribution < 1.29 is 12.8 Å². The Morgan fingerprint density at radius 1 is 1.25 bits per heavy atom. The lowest BCUT2D eigenvalue weighted by molar-refractivity contribution is 0.294. The number of nitrogens with zero attached hydrogens (tertiary/aromatic N) is 3. The third-order valence-electron chi connectivity index (χ3n) is 5.11. The van der Waals surface area contributed by atoms with Crippen LogP contribution in [0.3, 0.4) is 0 Å². The van der Waals surface area contributed by atoms with Crippen LogP contribution in [0.2, 0.25) is 5.02 Å². The Balaban J connectivity index is 1.75. The molecule has 142 valence electrons. The van der Waals surface area contributed by atoms with Gasteiger partial charge in [-0.25, -0.2) is 8.42 Å². The van der Waals surface area contributed by atoms with Gasteiger partial charge >= 0.3 is 0 Å². The molecule has 0 amide bonds. The fourth-order valence-electron chi connectivity index (χ4n) is 4.03. The van der Waals surface area contributed by atoms with E-state index in [1.807, 2.05) is 42.6 Å². The van der Waals surface area contributed by atoms with E-state index in [1.54, 1.807) is 6.07 Å². The maximum absolute atomic E-state index is 11.7. The van der Waals surface area contributed by atoms with Crippen molar-refractivity contribution in [2.75, 3.05) is 11.0 Å². The zero-order valence-corrected chi connectivity index (χ0v) is 16.3. The Morgan fingerprint density at radius 3 is 2.82 bits per heavy atom. The van der Waals surface area contributed by atoms with Crippen molar-refractivity contribution >= 4 is 38.2 Å². The molecule has 1 N–H and O–H groups in total. The van der Waals surface area contributed by atoms with Gasteiger partial charge in [-0.3, -0.25) is 4.72 Å². The van der Waals surface area contributed by atoms with Crippen LogP contribution in [-0.4, -0.2) is 29.4 Å². The van der Waals surface area contributed by atoms with Gasteiger partial charge in [0.2, 0.25) is 22.3 Å². The first-order chi connectivity index (χ1) is 13.4. The highest BCUT2D eigenvalue weighted by atomic mass is 35.5. The van der Waals surface area contributed by atoms with E-state index < -0.39 is 15.6 Å². The van der Waals surface area contributed by atoms with Gasteiger partial charge in [0.15, 0.2) is 5.54 Å². The minimum atomic E-state index is -3.40. The van der Waals surface area contributed by atoms with E-state index in [1.165, 1.54) is 6.39 Å². The van der Waals surface area contributed by atoms with E-state index in [0.29, 0.717) is 23.0 Å². The lowest BCUT2D eigenvalue weighted by Gasteiger charge is -2.43. The van der Waals surface area contributed by atoms with Crippen LogP contribution >= 0.6 is 11.6 Å². The van der Waals surface area contributed by atoms with Gasteiger partial charge in [0.25, 0.3) is 0 Å². The SMILES string of the molecule is CS(=O)(=O)Nc1cccc2c1ccn2C1(c2nnco2)Cc2cc(Cl)ccc21. The van der Waals surface area contributed by atoms with Crippen LogP contribution in [0.25, 0.3) is 10.9 Å². The molecular formula is C19H15ClN4O3S. The summed E-state index contributed by atoms with van der Waals surface area (Å²) >= 11 is 6.15. The van der Waals surface area contributed by atoms with Crippen LogP contribution in [0.5, 0.6) is 0 Å². The topological polar surface area (TPSA) is 90.0 Å². The number of hydrogen-bond donors (Lipinski definition) is 1. The Hall–Kier alpha value is -2.84. The zero-order valence-electron chi connectivity index (χ0n) is 14.8. The zero-order chi connectivity index (χ0) is 19.5. The number of hydrogen-bond acceptors (Lipinski definition) is 5. The highest BCUT2D eigenvalue weighted by Crippen LogP contribution is 2.49. The third kappa shape index (κ3) is 2.45. The van der Waals surface area contributed by atoms with Gasteiger partial charge in [0.1, 0.15) is 0 Å². The van der Waals surface area contributed by atoms with Crippen LogP contribution in [0.1, 0.15) is 17.0 Å². The quantitative estimate of drug-likeness (QED) is 0.552. The van der Waals surface area contributed by atoms with Crippen molar-refractivity contribution in [3.63, 3.8) is 0 Å². The largest absolute Gasteiger partial charge is 0.425 e. The number of benzene rings is 2. The van der Waals surface area contributed by atoms with Gasteiger partial charge in [-0.1, -0.05) is 23.7 Å². The molecule has 0 radical (unpaired) electrons. The van der Waals surface area contributed by atoms with Crippen molar-refractivity contribution in [1.82, 2.24) is 14.8 Å².